The van der Waals surface area contributed by atoms with Crippen LogP contribution in [0.3, 0.4) is 0 Å². The van der Waals surface area contributed by atoms with Gasteiger partial charge in [0.05, 0.1) is 28.5 Å². The first-order valence-corrected chi connectivity index (χ1v) is 13.0. The molecule has 8 nitrogen and oxygen atoms in total. The largest absolute Gasteiger partial charge is 0.487 e. The lowest BCUT2D eigenvalue weighted by atomic mass is 10.0. The second-order valence-electron chi connectivity index (χ2n) is 8.21. The van der Waals surface area contributed by atoms with Gasteiger partial charge in [-0.3, -0.25) is 4.72 Å². The molecule has 0 radical (unpaired) electrons. The fourth-order valence-electron chi connectivity index (χ4n) is 3.49. The van der Waals surface area contributed by atoms with Crippen LogP contribution < -0.4 is 14.2 Å². The van der Waals surface area contributed by atoms with E-state index >= 15 is 0 Å². The zero-order valence-corrected chi connectivity index (χ0v) is 20.1. The third-order valence-electron chi connectivity index (χ3n) is 5.25. The zero-order chi connectivity index (χ0) is 24.6. The quantitative estimate of drug-likeness (QED) is 0.350. The van der Waals surface area contributed by atoms with Crippen LogP contribution in [0.5, 0.6) is 17.2 Å². The molecule has 176 valence electrons. The fraction of sp³-hybridized carbons (Fsp3) is 0.160. The Hall–Kier alpha value is -3.87. The molecular weight excluding hydrogens is 488 g/mol. The Morgan fingerprint density at radius 2 is 1.74 bits per heavy atom. The SMILES string of the molecule is CS(=O)(=O)Nc1cc2ccc(-c3ccc(Oc4cc(Cl)c(OC5CC5)c(C#N)c4)cc3)cc2nn1. The minimum absolute atomic E-state index is 0.131. The number of benzene rings is 3. The number of nitrogens with zero attached hydrogens (tertiary/aromatic N) is 3. The highest BCUT2D eigenvalue weighted by Crippen LogP contribution is 2.38. The first kappa shape index (κ1) is 22.9. The highest BCUT2D eigenvalue weighted by Gasteiger charge is 2.26. The van der Waals surface area contributed by atoms with Crippen LogP contribution in [0.1, 0.15) is 18.4 Å². The van der Waals surface area contributed by atoms with Crippen molar-refractivity contribution in [3.05, 3.63) is 71.2 Å². The topological polar surface area (TPSA) is 114 Å². The lowest BCUT2D eigenvalue weighted by Crippen LogP contribution is -2.11. The van der Waals surface area contributed by atoms with Gasteiger partial charge in [0.1, 0.15) is 17.6 Å². The summed E-state index contributed by atoms with van der Waals surface area (Å²) in [6, 6.07) is 20.1. The van der Waals surface area contributed by atoms with Gasteiger partial charge < -0.3 is 9.47 Å². The predicted octanol–water partition coefficient (Wildman–Crippen LogP) is 5.53. The van der Waals surface area contributed by atoms with E-state index in [0.29, 0.717) is 33.4 Å². The molecule has 4 aromatic rings. The lowest BCUT2D eigenvalue weighted by molar-refractivity contribution is 0.302. The van der Waals surface area contributed by atoms with Crippen molar-refractivity contribution in [1.29, 1.82) is 5.26 Å². The number of ether oxygens (including phenoxy) is 2. The molecule has 1 N–H and O–H groups in total. The van der Waals surface area contributed by atoms with Gasteiger partial charge in [-0.15, -0.1) is 10.2 Å². The Balaban J connectivity index is 1.34. The molecule has 1 aliphatic rings. The van der Waals surface area contributed by atoms with E-state index in [2.05, 4.69) is 21.0 Å². The number of hydrogen-bond donors (Lipinski definition) is 1. The number of nitrogens with one attached hydrogen (secondary N) is 1. The first-order chi connectivity index (χ1) is 16.8. The minimum atomic E-state index is -3.43. The fourth-order valence-corrected chi connectivity index (χ4v) is 4.22. The van der Waals surface area contributed by atoms with E-state index in [1.165, 1.54) is 0 Å². The highest BCUT2D eigenvalue weighted by molar-refractivity contribution is 7.92. The van der Waals surface area contributed by atoms with E-state index in [0.717, 1.165) is 35.6 Å². The molecule has 0 amide bonds. The molecule has 1 fully saturated rings. The van der Waals surface area contributed by atoms with Crippen molar-refractivity contribution < 1.29 is 17.9 Å². The first-order valence-electron chi connectivity index (χ1n) is 10.7. The summed E-state index contributed by atoms with van der Waals surface area (Å²) in [6.45, 7) is 0. The number of aromatic nitrogens is 2. The average molecular weight is 507 g/mol. The van der Waals surface area contributed by atoms with Crippen LogP contribution in [-0.4, -0.2) is 31.0 Å². The molecule has 5 rings (SSSR count). The third-order valence-corrected chi connectivity index (χ3v) is 6.11. The van der Waals surface area contributed by atoms with E-state index in [9.17, 15) is 13.7 Å². The summed E-state index contributed by atoms with van der Waals surface area (Å²) in [6.07, 6.45) is 3.13. The Morgan fingerprint density at radius 1 is 1.00 bits per heavy atom. The van der Waals surface area contributed by atoms with Crippen molar-refractivity contribution in [3.8, 4) is 34.4 Å². The van der Waals surface area contributed by atoms with Crippen molar-refractivity contribution in [3.63, 3.8) is 0 Å². The van der Waals surface area contributed by atoms with Crippen LogP contribution in [0.15, 0.2) is 60.7 Å². The van der Waals surface area contributed by atoms with Gasteiger partial charge in [0.2, 0.25) is 10.0 Å². The monoisotopic (exact) mass is 506 g/mol. The lowest BCUT2D eigenvalue weighted by Gasteiger charge is -2.12. The molecule has 0 aliphatic heterocycles. The van der Waals surface area contributed by atoms with Crippen LogP contribution in [-0.2, 0) is 10.0 Å². The normalized spacial score (nSPS) is 13.3. The maximum Gasteiger partial charge on any atom is 0.231 e. The summed E-state index contributed by atoms with van der Waals surface area (Å²) < 4.78 is 36.8. The molecule has 0 spiro atoms. The van der Waals surface area contributed by atoms with Gasteiger partial charge in [-0.25, -0.2) is 8.42 Å². The van der Waals surface area contributed by atoms with Gasteiger partial charge >= 0.3 is 0 Å². The van der Waals surface area contributed by atoms with E-state index in [1.807, 2.05) is 42.5 Å². The maximum absolute atomic E-state index is 11.4. The summed E-state index contributed by atoms with van der Waals surface area (Å²) in [5.74, 6) is 1.60. The minimum Gasteiger partial charge on any atom is -0.487 e. The summed E-state index contributed by atoms with van der Waals surface area (Å²) in [5.41, 5.74) is 2.82. The number of halogens is 1. The molecule has 1 heterocycles. The molecule has 1 aliphatic carbocycles. The number of fused-ring (bicyclic) bond motifs is 1. The summed E-state index contributed by atoms with van der Waals surface area (Å²) >= 11 is 6.34. The Kier molecular flexibility index (Phi) is 5.93. The van der Waals surface area contributed by atoms with Gasteiger partial charge in [0.25, 0.3) is 0 Å². The van der Waals surface area contributed by atoms with Crippen LogP contribution in [0.4, 0.5) is 5.82 Å². The summed E-state index contributed by atoms with van der Waals surface area (Å²) in [4.78, 5) is 0. The van der Waals surface area contributed by atoms with Crippen LogP contribution in [0.2, 0.25) is 5.02 Å². The number of rotatable bonds is 7. The van der Waals surface area contributed by atoms with Gasteiger partial charge in [0.15, 0.2) is 11.6 Å². The van der Waals surface area contributed by atoms with Crippen molar-refractivity contribution in [1.82, 2.24) is 10.2 Å². The maximum atomic E-state index is 11.4. The summed E-state index contributed by atoms with van der Waals surface area (Å²) in [5, 5.41) is 18.6. The zero-order valence-electron chi connectivity index (χ0n) is 18.5. The number of nitriles is 1. The Morgan fingerprint density at radius 3 is 2.43 bits per heavy atom. The molecule has 0 saturated heterocycles. The van der Waals surface area contributed by atoms with E-state index in [1.54, 1.807) is 18.2 Å². The number of hydrogen-bond acceptors (Lipinski definition) is 7. The third kappa shape index (κ3) is 5.45. The van der Waals surface area contributed by atoms with Crippen molar-refractivity contribution >= 4 is 38.3 Å². The molecule has 10 heteroatoms. The van der Waals surface area contributed by atoms with Gasteiger partial charge in [-0.05, 0) is 48.2 Å². The summed E-state index contributed by atoms with van der Waals surface area (Å²) in [7, 11) is -3.43. The standard InChI is InChI=1S/C25H19ClN4O4S/c1-35(31,32)30-24-12-17-3-2-16(11-23(17)28-29-24)15-4-6-19(7-5-15)33-21-10-18(14-27)25(22(26)13-21)34-20-8-9-20/h2-7,10-13,20H,8-9H2,1H3,(H,29,30). The van der Waals surface area contributed by atoms with Gasteiger partial charge in [-0.2, -0.15) is 5.26 Å². The Labute approximate surface area is 207 Å². The van der Waals surface area contributed by atoms with Crippen LogP contribution in [0, 0.1) is 11.3 Å². The van der Waals surface area contributed by atoms with Crippen molar-refractivity contribution in [2.24, 2.45) is 0 Å². The van der Waals surface area contributed by atoms with Crippen molar-refractivity contribution in [2.45, 2.75) is 18.9 Å². The second-order valence-corrected chi connectivity index (χ2v) is 10.4. The number of anilines is 1. The molecule has 1 saturated carbocycles. The van der Waals surface area contributed by atoms with Gasteiger partial charge in [0, 0.05) is 17.5 Å². The smallest absolute Gasteiger partial charge is 0.231 e. The molecule has 0 atom stereocenters. The van der Waals surface area contributed by atoms with Gasteiger partial charge in [-0.1, -0.05) is 35.9 Å². The average Bonchev–Trinajstić information content (AvgIpc) is 3.64. The highest BCUT2D eigenvalue weighted by atomic mass is 35.5. The molecule has 0 bridgehead atoms. The molecule has 0 unspecified atom stereocenters. The van der Waals surface area contributed by atoms with Crippen LogP contribution in [0.25, 0.3) is 22.0 Å². The van der Waals surface area contributed by atoms with Crippen LogP contribution >= 0.6 is 11.6 Å². The molecule has 1 aromatic heterocycles. The van der Waals surface area contributed by atoms with Crippen molar-refractivity contribution in [2.75, 3.05) is 11.0 Å². The van der Waals surface area contributed by atoms with E-state index < -0.39 is 10.0 Å². The molecule has 35 heavy (non-hydrogen) atoms. The second kappa shape index (κ2) is 9.06. The van der Waals surface area contributed by atoms with E-state index in [-0.39, 0.29) is 11.9 Å². The number of sulfonamides is 1. The molecular formula is C25H19ClN4O4S. The molecule has 3 aromatic carbocycles. The Bertz CT molecular complexity index is 1580. The van der Waals surface area contributed by atoms with E-state index in [4.69, 9.17) is 21.1 Å². The predicted molar refractivity (Wildman–Crippen MR) is 133 cm³/mol.